The smallest absolute Gasteiger partial charge is 0.243 e. The molecule has 0 unspecified atom stereocenters. The average molecular weight is 218 g/mol. The van der Waals surface area contributed by atoms with Gasteiger partial charge in [0.2, 0.25) is 11.7 Å². The lowest BCUT2D eigenvalue weighted by Crippen LogP contribution is -2.04. The summed E-state index contributed by atoms with van der Waals surface area (Å²) in [5, 5.41) is 3.90. The van der Waals surface area contributed by atoms with Gasteiger partial charge in [0, 0.05) is 17.0 Å². The van der Waals surface area contributed by atoms with Gasteiger partial charge in [-0.2, -0.15) is 4.98 Å². The van der Waals surface area contributed by atoms with Crippen LogP contribution in [0.4, 0.5) is 0 Å². The van der Waals surface area contributed by atoms with Gasteiger partial charge in [0.15, 0.2) is 0 Å². The van der Waals surface area contributed by atoms with Crippen LogP contribution in [0.1, 0.15) is 30.2 Å². The normalized spacial score (nSPS) is 12.8. The van der Waals surface area contributed by atoms with Crippen molar-refractivity contribution in [1.82, 2.24) is 15.1 Å². The molecule has 2 rings (SSSR count). The van der Waals surface area contributed by atoms with E-state index in [9.17, 15) is 0 Å². The highest BCUT2D eigenvalue weighted by atomic mass is 16.5. The standard InChI is InChI=1S/C11H14N4O/c1-6-4-9(5-7(2)13-6)10-14-11(8(3)12)16-15-10/h4-5,8H,12H2,1-3H3/t8-/m0/s1. The molecule has 0 aliphatic heterocycles. The summed E-state index contributed by atoms with van der Waals surface area (Å²) in [5.41, 5.74) is 8.42. The molecule has 0 amide bonds. The highest BCUT2D eigenvalue weighted by molar-refractivity contribution is 5.55. The van der Waals surface area contributed by atoms with Gasteiger partial charge in [-0.3, -0.25) is 4.98 Å². The van der Waals surface area contributed by atoms with Crippen molar-refractivity contribution in [2.24, 2.45) is 5.73 Å². The van der Waals surface area contributed by atoms with E-state index in [0.717, 1.165) is 17.0 Å². The van der Waals surface area contributed by atoms with Crippen molar-refractivity contribution in [3.05, 3.63) is 29.4 Å². The second-order valence-electron chi connectivity index (χ2n) is 3.88. The molecule has 2 N–H and O–H groups in total. The van der Waals surface area contributed by atoms with Crippen LogP contribution in [-0.4, -0.2) is 15.1 Å². The molecule has 0 aliphatic rings. The monoisotopic (exact) mass is 218 g/mol. The van der Waals surface area contributed by atoms with Crippen LogP contribution in [-0.2, 0) is 0 Å². The largest absolute Gasteiger partial charge is 0.337 e. The molecule has 0 bridgehead atoms. The Balaban J connectivity index is 2.42. The fourth-order valence-electron chi connectivity index (χ4n) is 1.50. The minimum absolute atomic E-state index is 0.245. The van der Waals surface area contributed by atoms with Gasteiger partial charge in [-0.05, 0) is 32.9 Å². The van der Waals surface area contributed by atoms with Gasteiger partial charge in [0.1, 0.15) is 0 Å². The maximum absolute atomic E-state index is 5.66. The van der Waals surface area contributed by atoms with Gasteiger partial charge < -0.3 is 10.3 Å². The maximum atomic E-state index is 5.66. The molecule has 0 fully saturated rings. The molecule has 0 saturated carbocycles. The molecule has 0 aliphatic carbocycles. The molecule has 0 spiro atoms. The lowest BCUT2D eigenvalue weighted by atomic mass is 10.2. The van der Waals surface area contributed by atoms with Crippen molar-refractivity contribution < 1.29 is 4.52 Å². The van der Waals surface area contributed by atoms with E-state index in [4.69, 9.17) is 10.3 Å². The minimum Gasteiger partial charge on any atom is -0.337 e. The molecule has 2 aromatic heterocycles. The van der Waals surface area contributed by atoms with Gasteiger partial charge in [0.25, 0.3) is 0 Å². The number of rotatable bonds is 2. The zero-order valence-electron chi connectivity index (χ0n) is 9.56. The first-order valence-corrected chi connectivity index (χ1v) is 5.11. The van der Waals surface area contributed by atoms with E-state index in [1.54, 1.807) is 6.92 Å². The third kappa shape index (κ3) is 2.09. The predicted molar refractivity (Wildman–Crippen MR) is 59.6 cm³/mol. The van der Waals surface area contributed by atoms with E-state index < -0.39 is 0 Å². The summed E-state index contributed by atoms with van der Waals surface area (Å²) in [7, 11) is 0. The number of hydrogen-bond acceptors (Lipinski definition) is 5. The first-order valence-electron chi connectivity index (χ1n) is 5.11. The fourth-order valence-corrected chi connectivity index (χ4v) is 1.50. The Morgan fingerprint density at radius 3 is 2.31 bits per heavy atom. The molecule has 0 saturated heterocycles. The summed E-state index contributed by atoms with van der Waals surface area (Å²) >= 11 is 0. The number of aryl methyl sites for hydroxylation is 2. The first kappa shape index (κ1) is 10.8. The summed E-state index contributed by atoms with van der Waals surface area (Å²) in [5.74, 6) is 1.00. The van der Waals surface area contributed by atoms with Crippen molar-refractivity contribution in [2.75, 3.05) is 0 Å². The van der Waals surface area contributed by atoms with Crippen LogP contribution < -0.4 is 5.73 Å². The van der Waals surface area contributed by atoms with Crippen molar-refractivity contribution in [3.8, 4) is 11.4 Å². The molecular formula is C11H14N4O. The number of nitrogens with zero attached hydrogens (tertiary/aromatic N) is 3. The summed E-state index contributed by atoms with van der Waals surface area (Å²) in [6.07, 6.45) is 0. The highest BCUT2D eigenvalue weighted by Crippen LogP contribution is 2.19. The van der Waals surface area contributed by atoms with Crippen LogP contribution >= 0.6 is 0 Å². The van der Waals surface area contributed by atoms with E-state index in [0.29, 0.717) is 11.7 Å². The zero-order chi connectivity index (χ0) is 11.7. The van der Waals surface area contributed by atoms with Gasteiger partial charge in [-0.25, -0.2) is 0 Å². The second-order valence-corrected chi connectivity index (χ2v) is 3.88. The predicted octanol–water partition coefficient (Wildman–Crippen LogP) is 1.77. The Morgan fingerprint density at radius 2 is 1.81 bits per heavy atom. The van der Waals surface area contributed by atoms with E-state index in [1.807, 2.05) is 26.0 Å². The Bertz CT molecular complexity index is 484. The summed E-state index contributed by atoms with van der Waals surface area (Å²) < 4.78 is 5.05. The van der Waals surface area contributed by atoms with Gasteiger partial charge >= 0.3 is 0 Å². The number of aromatic nitrogens is 3. The van der Waals surface area contributed by atoms with Crippen LogP contribution in [0.25, 0.3) is 11.4 Å². The third-order valence-corrected chi connectivity index (χ3v) is 2.17. The SMILES string of the molecule is Cc1cc(-c2noc([C@H](C)N)n2)cc(C)n1. The molecule has 1 atom stereocenters. The van der Waals surface area contributed by atoms with Crippen LogP contribution in [0.5, 0.6) is 0 Å². The highest BCUT2D eigenvalue weighted by Gasteiger charge is 2.12. The lowest BCUT2D eigenvalue weighted by Gasteiger charge is -1.99. The van der Waals surface area contributed by atoms with E-state index in [1.165, 1.54) is 0 Å². The molecule has 0 aromatic carbocycles. The van der Waals surface area contributed by atoms with E-state index in [2.05, 4.69) is 15.1 Å². The van der Waals surface area contributed by atoms with Crippen molar-refractivity contribution in [1.29, 1.82) is 0 Å². The minimum atomic E-state index is -0.245. The van der Waals surface area contributed by atoms with Crippen molar-refractivity contribution >= 4 is 0 Å². The molecule has 0 radical (unpaired) electrons. The lowest BCUT2D eigenvalue weighted by molar-refractivity contribution is 0.362. The molecule has 2 heterocycles. The summed E-state index contributed by atoms with van der Waals surface area (Å²) in [6.45, 7) is 5.67. The average Bonchev–Trinajstić information content (AvgIpc) is 2.64. The van der Waals surface area contributed by atoms with Crippen molar-refractivity contribution in [3.63, 3.8) is 0 Å². The summed E-state index contributed by atoms with van der Waals surface area (Å²) in [6, 6.07) is 3.59. The molecule has 84 valence electrons. The van der Waals surface area contributed by atoms with Crippen LogP contribution in [0.3, 0.4) is 0 Å². The Labute approximate surface area is 93.7 Å². The number of hydrogen-bond donors (Lipinski definition) is 1. The van der Waals surface area contributed by atoms with Crippen LogP contribution in [0, 0.1) is 13.8 Å². The van der Waals surface area contributed by atoms with E-state index >= 15 is 0 Å². The zero-order valence-corrected chi connectivity index (χ0v) is 9.56. The molecule has 16 heavy (non-hydrogen) atoms. The third-order valence-electron chi connectivity index (χ3n) is 2.17. The molecule has 2 aromatic rings. The number of pyridine rings is 1. The quantitative estimate of drug-likeness (QED) is 0.831. The topological polar surface area (TPSA) is 77.8 Å². The molecule has 5 heteroatoms. The van der Waals surface area contributed by atoms with Gasteiger partial charge in [-0.15, -0.1) is 0 Å². The molecule has 5 nitrogen and oxygen atoms in total. The Morgan fingerprint density at radius 1 is 1.19 bits per heavy atom. The second kappa shape index (κ2) is 4.02. The van der Waals surface area contributed by atoms with Crippen LogP contribution in [0.2, 0.25) is 0 Å². The molecular weight excluding hydrogens is 204 g/mol. The van der Waals surface area contributed by atoms with Crippen molar-refractivity contribution in [2.45, 2.75) is 26.8 Å². The maximum Gasteiger partial charge on any atom is 0.243 e. The fraction of sp³-hybridized carbons (Fsp3) is 0.364. The number of nitrogens with two attached hydrogens (primary N) is 1. The first-order chi connectivity index (χ1) is 7.56. The Kier molecular flexibility index (Phi) is 2.70. The Hall–Kier alpha value is -1.75. The van der Waals surface area contributed by atoms with E-state index in [-0.39, 0.29) is 6.04 Å². The van der Waals surface area contributed by atoms with Gasteiger partial charge in [0.05, 0.1) is 6.04 Å². The summed E-state index contributed by atoms with van der Waals surface area (Å²) in [4.78, 5) is 8.52. The van der Waals surface area contributed by atoms with Crippen LogP contribution in [0.15, 0.2) is 16.7 Å². The van der Waals surface area contributed by atoms with Gasteiger partial charge in [-0.1, -0.05) is 5.16 Å².